The van der Waals surface area contributed by atoms with Crippen molar-refractivity contribution in [1.29, 1.82) is 0 Å². The van der Waals surface area contributed by atoms with Crippen molar-refractivity contribution >= 4 is 11.7 Å². The van der Waals surface area contributed by atoms with Gasteiger partial charge in [-0.2, -0.15) is 0 Å². The molecule has 0 bridgehead atoms. The SMILES string of the molecule is CC(C)(C)c1nccc(NC[C@@H]2CC(=O)N(CCc3ccccc3)C2)n1. The number of benzene rings is 1. The molecular formula is C21H28N4O. The lowest BCUT2D eigenvalue weighted by atomic mass is 9.96. The molecule has 2 heterocycles. The van der Waals surface area contributed by atoms with E-state index in [4.69, 9.17) is 0 Å². The molecule has 0 spiro atoms. The van der Waals surface area contributed by atoms with E-state index in [1.54, 1.807) is 6.20 Å². The Labute approximate surface area is 155 Å². The summed E-state index contributed by atoms with van der Waals surface area (Å²) < 4.78 is 0. The molecule has 1 aliphatic rings. The van der Waals surface area contributed by atoms with E-state index in [2.05, 4.69) is 48.2 Å². The van der Waals surface area contributed by atoms with Crippen molar-refractivity contribution in [3.8, 4) is 0 Å². The van der Waals surface area contributed by atoms with Gasteiger partial charge in [-0.05, 0) is 18.1 Å². The maximum atomic E-state index is 12.3. The van der Waals surface area contributed by atoms with Crippen molar-refractivity contribution in [3.05, 3.63) is 54.0 Å². The molecule has 2 aromatic rings. The van der Waals surface area contributed by atoms with Gasteiger partial charge in [0, 0.05) is 43.6 Å². The van der Waals surface area contributed by atoms with Crippen LogP contribution in [0.1, 0.15) is 38.6 Å². The number of aromatic nitrogens is 2. The lowest BCUT2D eigenvalue weighted by molar-refractivity contribution is -0.127. The standard InChI is InChI=1S/C21H28N4O/c1-21(2,3)20-22-11-9-18(24-20)23-14-17-13-19(26)25(15-17)12-10-16-7-5-4-6-8-16/h4-9,11,17H,10,12-15H2,1-3H3,(H,22,23,24)/t17-/m0/s1. The van der Waals surface area contributed by atoms with Crippen molar-refractivity contribution in [3.63, 3.8) is 0 Å². The molecule has 0 aliphatic carbocycles. The predicted octanol–water partition coefficient (Wildman–Crippen LogP) is 3.28. The van der Waals surface area contributed by atoms with Crippen LogP contribution in [-0.2, 0) is 16.6 Å². The van der Waals surface area contributed by atoms with Gasteiger partial charge in [0.1, 0.15) is 11.6 Å². The zero-order chi connectivity index (χ0) is 18.6. The maximum absolute atomic E-state index is 12.3. The number of nitrogens with one attached hydrogen (secondary N) is 1. The van der Waals surface area contributed by atoms with Crippen LogP contribution in [0.5, 0.6) is 0 Å². The highest BCUT2D eigenvalue weighted by Crippen LogP contribution is 2.21. The van der Waals surface area contributed by atoms with Crippen molar-refractivity contribution < 1.29 is 4.79 Å². The van der Waals surface area contributed by atoms with E-state index >= 15 is 0 Å². The summed E-state index contributed by atoms with van der Waals surface area (Å²) in [7, 11) is 0. The second-order valence-electron chi connectivity index (χ2n) is 8.04. The smallest absolute Gasteiger partial charge is 0.223 e. The van der Waals surface area contributed by atoms with Crippen LogP contribution in [0.25, 0.3) is 0 Å². The van der Waals surface area contributed by atoms with Crippen molar-refractivity contribution in [2.24, 2.45) is 5.92 Å². The molecule has 1 amide bonds. The van der Waals surface area contributed by atoms with E-state index in [1.807, 2.05) is 29.2 Å². The Kier molecular flexibility index (Phi) is 5.55. The number of amides is 1. The van der Waals surface area contributed by atoms with Crippen molar-refractivity contribution in [1.82, 2.24) is 14.9 Å². The maximum Gasteiger partial charge on any atom is 0.223 e. The van der Waals surface area contributed by atoms with Gasteiger partial charge in [0.05, 0.1) is 0 Å². The van der Waals surface area contributed by atoms with Gasteiger partial charge >= 0.3 is 0 Å². The molecule has 0 radical (unpaired) electrons. The number of carbonyl (C=O) groups is 1. The molecule has 1 N–H and O–H groups in total. The molecule has 0 unspecified atom stereocenters. The van der Waals surface area contributed by atoms with Crippen molar-refractivity contribution in [2.45, 2.75) is 39.0 Å². The quantitative estimate of drug-likeness (QED) is 0.867. The second-order valence-corrected chi connectivity index (χ2v) is 8.04. The largest absolute Gasteiger partial charge is 0.370 e. The van der Waals surface area contributed by atoms with E-state index in [0.717, 1.165) is 37.7 Å². The first-order chi connectivity index (χ1) is 12.4. The van der Waals surface area contributed by atoms with Crippen LogP contribution in [-0.4, -0.2) is 40.4 Å². The molecule has 1 atom stereocenters. The molecular weight excluding hydrogens is 324 g/mol. The van der Waals surface area contributed by atoms with Gasteiger partial charge in [0.15, 0.2) is 0 Å². The van der Waals surface area contributed by atoms with Gasteiger partial charge in [0.25, 0.3) is 0 Å². The van der Waals surface area contributed by atoms with E-state index in [9.17, 15) is 4.79 Å². The molecule has 3 rings (SSSR count). The van der Waals surface area contributed by atoms with Gasteiger partial charge in [-0.1, -0.05) is 51.1 Å². The normalized spacial score (nSPS) is 17.6. The molecule has 1 aromatic heterocycles. The summed E-state index contributed by atoms with van der Waals surface area (Å²) in [5.74, 6) is 2.24. The number of carbonyl (C=O) groups excluding carboxylic acids is 1. The number of nitrogens with zero attached hydrogens (tertiary/aromatic N) is 3. The monoisotopic (exact) mass is 352 g/mol. The predicted molar refractivity (Wildman–Crippen MR) is 104 cm³/mol. The number of likely N-dealkylation sites (tertiary alicyclic amines) is 1. The lowest BCUT2D eigenvalue weighted by Crippen LogP contribution is -2.28. The number of anilines is 1. The number of hydrogen-bond acceptors (Lipinski definition) is 4. The highest BCUT2D eigenvalue weighted by atomic mass is 16.2. The third kappa shape index (κ3) is 4.81. The summed E-state index contributed by atoms with van der Waals surface area (Å²) in [4.78, 5) is 23.2. The molecule has 1 aromatic carbocycles. The van der Waals surface area contributed by atoms with Crippen LogP contribution < -0.4 is 5.32 Å². The minimum Gasteiger partial charge on any atom is -0.370 e. The summed E-state index contributed by atoms with van der Waals surface area (Å²) in [5, 5.41) is 3.38. The molecule has 0 saturated carbocycles. The van der Waals surface area contributed by atoms with Crippen LogP contribution in [0.4, 0.5) is 5.82 Å². The molecule has 5 nitrogen and oxygen atoms in total. The molecule has 1 saturated heterocycles. The topological polar surface area (TPSA) is 58.1 Å². The van der Waals surface area contributed by atoms with Crippen LogP contribution in [0.2, 0.25) is 0 Å². The summed E-state index contributed by atoms with van der Waals surface area (Å²) in [6.07, 6.45) is 3.31. The van der Waals surface area contributed by atoms with Gasteiger partial charge in [-0.3, -0.25) is 4.79 Å². The van der Waals surface area contributed by atoms with Gasteiger partial charge in [-0.15, -0.1) is 0 Å². The van der Waals surface area contributed by atoms with E-state index in [1.165, 1.54) is 5.56 Å². The minimum absolute atomic E-state index is 0.0742. The van der Waals surface area contributed by atoms with E-state index in [-0.39, 0.29) is 11.3 Å². The average molecular weight is 352 g/mol. The summed E-state index contributed by atoms with van der Waals surface area (Å²) in [5.41, 5.74) is 1.20. The zero-order valence-electron chi connectivity index (χ0n) is 15.9. The van der Waals surface area contributed by atoms with Crippen LogP contribution >= 0.6 is 0 Å². The van der Waals surface area contributed by atoms with Gasteiger partial charge in [0.2, 0.25) is 5.91 Å². The fourth-order valence-electron chi connectivity index (χ4n) is 3.18. The summed E-state index contributed by atoms with van der Waals surface area (Å²) >= 11 is 0. The highest BCUT2D eigenvalue weighted by Gasteiger charge is 2.29. The fourth-order valence-corrected chi connectivity index (χ4v) is 3.18. The first-order valence-electron chi connectivity index (χ1n) is 9.31. The summed E-state index contributed by atoms with van der Waals surface area (Å²) in [6.45, 7) is 8.68. The molecule has 1 aliphatic heterocycles. The fraction of sp³-hybridized carbons (Fsp3) is 0.476. The molecule has 5 heteroatoms. The van der Waals surface area contributed by atoms with E-state index < -0.39 is 0 Å². The third-order valence-electron chi connectivity index (χ3n) is 4.71. The average Bonchev–Trinajstić information content (AvgIpc) is 2.98. The Balaban J connectivity index is 1.50. The van der Waals surface area contributed by atoms with E-state index in [0.29, 0.717) is 12.3 Å². The number of rotatable bonds is 6. The van der Waals surface area contributed by atoms with Crippen LogP contribution in [0, 0.1) is 5.92 Å². The molecule has 26 heavy (non-hydrogen) atoms. The third-order valence-corrected chi connectivity index (χ3v) is 4.71. The Morgan fingerprint density at radius 1 is 1.19 bits per heavy atom. The van der Waals surface area contributed by atoms with Crippen molar-refractivity contribution in [2.75, 3.05) is 25.0 Å². The zero-order valence-corrected chi connectivity index (χ0v) is 15.9. The minimum atomic E-state index is -0.0742. The van der Waals surface area contributed by atoms with Gasteiger partial charge < -0.3 is 10.2 Å². The van der Waals surface area contributed by atoms with Gasteiger partial charge in [-0.25, -0.2) is 9.97 Å². The highest BCUT2D eigenvalue weighted by molar-refractivity contribution is 5.78. The first-order valence-corrected chi connectivity index (χ1v) is 9.31. The molecule has 138 valence electrons. The molecule has 1 fully saturated rings. The van der Waals surface area contributed by atoms with Crippen LogP contribution in [0.3, 0.4) is 0 Å². The Hall–Kier alpha value is -2.43. The second kappa shape index (κ2) is 7.85. The first kappa shape index (κ1) is 18.4. The Bertz CT molecular complexity index is 739. The lowest BCUT2D eigenvalue weighted by Gasteiger charge is -2.18. The van der Waals surface area contributed by atoms with Crippen LogP contribution in [0.15, 0.2) is 42.6 Å². The summed E-state index contributed by atoms with van der Waals surface area (Å²) in [6, 6.07) is 12.2. The Morgan fingerprint density at radius 3 is 2.69 bits per heavy atom. The Morgan fingerprint density at radius 2 is 1.96 bits per heavy atom. The number of hydrogen-bond donors (Lipinski definition) is 1.